The van der Waals surface area contributed by atoms with Crippen LogP contribution in [0.5, 0.6) is 0 Å². The minimum atomic E-state index is 0.0208. The van der Waals surface area contributed by atoms with Gasteiger partial charge in [-0.25, -0.2) is 0 Å². The third-order valence-electron chi connectivity index (χ3n) is 0.940. The van der Waals surface area contributed by atoms with E-state index < -0.39 is 0 Å². The predicted molar refractivity (Wildman–Crippen MR) is 38.1 cm³/mol. The summed E-state index contributed by atoms with van der Waals surface area (Å²) in [6.07, 6.45) is 0. The highest BCUT2D eigenvalue weighted by molar-refractivity contribution is 7.80. The van der Waals surface area contributed by atoms with Gasteiger partial charge in [0.25, 0.3) is 0 Å². The highest BCUT2D eigenvalue weighted by Crippen LogP contribution is 1.96. The van der Waals surface area contributed by atoms with Gasteiger partial charge in [0.2, 0.25) is 0 Å². The highest BCUT2D eigenvalue weighted by Gasteiger charge is 2.02. The summed E-state index contributed by atoms with van der Waals surface area (Å²) in [5.41, 5.74) is 5.10. The number of nitrogens with zero attached hydrogens (tertiary/aromatic N) is 1. The van der Waals surface area contributed by atoms with E-state index in [1.807, 2.05) is 6.92 Å². The molecule has 8 heavy (non-hydrogen) atoms. The standard InChI is InChI=1S/C4H11N3S/c1-3(8)7(2)4(5)6/h3,8H,1-2H3,(H3,5,6)/t3-/m0/s1. The molecule has 0 radical (unpaired) electrons. The molecule has 0 aliphatic heterocycles. The van der Waals surface area contributed by atoms with E-state index in [0.717, 1.165) is 0 Å². The van der Waals surface area contributed by atoms with Gasteiger partial charge in [-0.1, -0.05) is 0 Å². The van der Waals surface area contributed by atoms with Crippen molar-refractivity contribution in [2.24, 2.45) is 5.73 Å². The fraction of sp³-hybridized carbons (Fsp3) is 0.750. The van der Waals surface area contributed by atoms with E-state index in [4.69, 9.17) is 11.1 Å². The Balaban J connectivity index is 3.64. The van der Waals surface area contributed by atoms with Crippen molar-refractivity contribution in [3.8, 4) is 0 Å². The molecule has 0 bridgehead atoms. The maximum absolute atomic E-state index is 6.89. The maximum Gasteiger partial charge on any atom is 0.189 e. The second kappa shape index (κ2) is 2.81. The minimum absolute atomic E-state index is 0.0208. The van der Waals surface area contributed by atoms with Crippen LogP contribution in [0.25, 0.3) is 0 Å². The molecule has 0 amide bonds. The number of hydrogen-bond donors (Lipinski definition) is 3. The molecular weight excluding hydrogens is 122 g/mol. The number of rotatable bonds is 1. The SMILES string of the molecule is C[C@H](S)N(C)C(=N)N. The predicted octanol–water partition coefficient (Wildman–Crippen LogP) is 0.0875. The monoisotopic (exact) mass is 133 g/mol. The van der Waals surface area contributed by atoms with E-state index in [0.29, 0.717) is 0 Å². The van der Waals surface area contributed by atoms with Crippen molar-refractivity contribution < 1.29 is 0 Å². The zero-order valence-corrected chi connectivity index (χ0v) is 5.94. The third-order valence-corrected chi connectivity index (χ3v) is 1.29. The van der Waals surface area contributed by atoms with Gasteiger partial charge in [-0.15, -0.1) is 0 Å². The summed E-state index contributed by atoms with van der Waals surface area (Å²) in [5, 5.41) is 6.91. The van der Waals surface area contributed by atoms with Crippen LogP contribution in [0.1, 0.15) is 6.92 Å². The fourth-order valence-electron chi connectivity index (χ4n) is 0.201. The molecule has 0 aromatic carbocycles. The van der Waals surface area contributed by atoms with Crippen molar-refractivity contribution in [1.82, 2.24) is 4.90 Å². The van der Waals surface area contributed by atoms with Crippen LogP contribution >= 0.6 is 12.6 Å². The normalized spacial score (nSPS) is 12.9. The first kappa shape index (κ1) is 7.62. The van der Waals surface area contributed by atoms with Gasteiger partial charge in [0.05, 0.1) is 5.37 Å². The molecule has 0 spiro atoms. The van der Waals surface area contributed by atoms with Crippen LogP contribution in [0.15, 0.2) is 0 Å². The first-order valence-corrected chi connectivity index (χ1v) is 2.82. The Kier molecular flexibility index (Phi) is 2.68. The van der Waals surface area contributed by atoms with Crippen LogP contribution in [-0.4, -0.2) is 23.3 Å². The van der Waals surface area contributed by atoms with Crippen LogP contribution in [-0.2, 0) is 0 Å². The third kappa shape index (κ3) is 2.07. The number of nitrogens with two attached hydrogens (primary N) is 1. The average Bonchev–Trinajstić information content (AvgIpc) is 1.64. The molecule has 0 aromatic rings. The van der Waals surface area contributed by atoms with Gasteiger partial charge in [-0.05, 0) is 6.92 Å². The molecule has 0 aliphatic rings. The van der Waals surface area contributed by atoms with Gasteiger partial charge in [0.15, 0.2) is 5.96 Å². The molecule has 0 rings (SSSR count). The van der Waals surface area contributed by atoms with Crippen molar-refractivity contribution in [3.63, 3.8) is 0 Å². The molecule has 4 heteroatoms. The van der Waals surface area contributed by atoms with Crippen molar-refractivity contribution in [2.75, 3.05) is 7.05 Å². The minimum Gasteiger partial charge on any atom is -0.370 e. The van der Waals surface area contributed by atoms with Crippen molar-refractivity contribution in [1.29, 1.82) is 5.41 Å². The number of guanidine groups is 1. The van der Waals surface area contributed by atoms with Crippen molar-refractivity contribution >= 4 is 18.6 Å². The second-order valence-electron chi connectivity index (χ2n) is 1.63. The summed E-state index contributed by atoms with van der Waals surface area (Å²) in [6.45, 7) is 1.85. The molecule has 0 saturated heterocycles. The van der Waals surface area contributed by atoms with Gasteiger partial charge in [0, 0.05) is 7.05 Å². The smallest absolute Gasteiger partial charge is 0.189 e. The van der Waals surface area contributed by atoms with Gasteiger partial charge >= 0.3 is 0 Å². The Morgan fingerprint density at radius 2 is 2.25 bits per heavy atom. The van der Waals surface area contributed by atoms with E-state index in [1.165, 1.54) is 0 Å². The number of hydrogen-bond acceptors (Lipinski definition) is 2. The van der Waals surface area contributed by atoms with Crippen LogP contribution < -0.4 is 5.73 Å². The molecule has 0 saturated carbocycles. The van der Waals surface area contributed by atoms with Crippen LogP contribution in [0.2, 0.25) is 0 Å². The lowest BCUT2D eigenvalue weighted by Gasteiger charge is -2.19. The average molecular weight is 133 g/mol. The van der Waals surface area contributed by atoms with Gasteiger partial charge in [-0.3, -0.25) is 5.41 Å². The lowest BCUT2D eigenvalue weighted by Crippen LogP contribution is -2.36. The summed E-state index contributed by atoms with van der Waals surface area (Å²) >= 11 is 4.04. The van der Waals surface area contributed by atoms with Crippen molar-refractivity contribution in [2.45, 2.75) is 12.3 Å². The van der Waals surface area contributed by atoms with Gasteiger partial charge < -0.3 is 10.6 Å². The largest absolute Gasteiger partial charge is 0.370 e. The fourth-order valence-corrected chi connectivity index (χ4v) is 0.326. The zero-order chi connectivity index (χ0) is 6.73. The molecule has 0 fully saturated rings. The zero-order valence-electron chi connectivity index (χ0n) is 5.05. The Hall–Kier alpha value is -0.380. The van der Waals surface area contributed by atoms with Crippen LogP contribution in [0.4, 0.5) is 0 Å². The quantitative estimate of drug-likeness (QED) is 0.205. The molecule has 48 valence electrons. The topological polar surface area (TPSA) is 53.1 Å². The highest BCUT2D eigenvalue weighted by atomic mass is 32.1. The summed E-state index contributed by atoms with van der Waals surface area (Å²) in [6, 6.07) is 0. The molecule has 0 unspecified atom stereocenters. The lowest BCUT2D eigenvalue weighted by molar-refractivity contribution is 0.492. The summed E-state index contributed by atoms with van der Waals surface area (Å²) < 4.78 is 0. The first-order valence-electron chi connectivity index (χ1n) is 2.30. The van der Waals surface area contributed by atoms with Crippen molar-refractivity contribution in [3.05, 3.63) is 0 Å². The molecule has 1 atom stereocenters. The summed E-state index contributed by atoms with van der Waals surface area (Å²) in [4.78, 5) is 1.56. The second-order valence-corrected chi connectivity index (χ2v) is 2.38. The lowest BCUT2D eigenvalue weighted by atomic mass is 10.6. The molecule has 3 nitrogen and oxygen atoms in total. The molecule has 0 heterocycles. The molecule has 3 N–H and O–H groups in total. The van der Waals surface area contributed by atoms with Crippen LogP contribution in [0, 0.1) is 5.41 Å². The van der Waals surface area contributed by atoms with Crippen LogP contribution in [0.3, 0.4) is 0 Å². The van der Waals surface area contributed by atoms with Gasteiger partial charge in [0.1, 0.15) is 0 Å². The molecular formula is C4H11N3S. The number of nitrogens with one attached hydrogen (secondary N) is 1. The maximum atomic E-state index is 6.89. The molecule has 0 aliphatic carbocycles. The summed E-state index contributed by atoms with van der Waals surface area (Å²) in [7, 11) is 1.72. The molecule has 0 aromatic heterocycles. The summed E-state index contributed by atoms with van der Waals surface area (Å²) in [5.74, 6) is 0.0486. The Labute approximate surface area is 54.8 Å². The van der Waals surface area contributed by atoms with E-state index in [1.54, 1.807) is 11.9 Å². The Morgan fingerprint density at radius 1 is 1.88 bits per heavy atom. The van der Waals surface area contributed by atoms with Gasteiger partial charge in [-0.2, -0.15) is 12.6 Å². The van der Waals surface area contributed by atoms with E-state index in [9.17, 15) is 0 Å². The van der Waals surface area contributed by atoms with E-state index in [2.05, 4.69) is 12.6 Å². The van der Waals surface area contributed by atoms with E-state index >= 15 is 0 Å². The number of thiol groups is 1. The Morgan fingerprint density at radius 3 is 2.25 bits per heavy atom. The van der Waals surface area contributed by atoms with E-state index in [-0.39, 0.29) is 11.3 Å². The Bertz CT molecular complexity index is 91.3. The first-order chi connectivity index (χ1) is 3.55.